The minimum absolute atomic E-state index is 0.261. The Morgan fingerprint density at radius 3 is 2.28 bits per heavy atom. The van der Waals surface area contributed by atoms with Crippen LogP contribution in [0.5, 0.6) is 0 Å². The van der Waals surface area contributed by atoms with Gasteiger partial charge in [-0.3, -0.25) is 9.88 Å². The fourth-order valence-electron chi connectivity index (χ4n) is 6.76. The molecular weight excluding hydrogens is 534 g/mol. The lowest BCUT2D eigenvalue weighted by Crippen LogP contribution is -2.39. The molecule has 230 valence electrons. The first kappa shape index (κ1) is 31.2. The first-order chi connectivity index (χ1) is 20.2. The van der Waals surface area contributed by atoms with Crippen LogP contribution in [0.15, 0.2) is 48.5 Å². The van der Waals surface area contributed by atoms with Crippen LogP contribution in [0, 0.1) is 19.3 Å². The molecule has 1 N–H and O–H groups in total. The Kier molecular flexibility index (Phi) is 8.75. The van der Waals surface area contributed by atoms with Crippen molar-refractivity contribution < 1.29 is 14.6 Å². The van der Waals surface area contributed by atoms with Gasteiger partial charge in [-0.25, -0.2) is 4.79 Å². The summed E-state index contributed by atoms with van der Waals surface area (Å²) in [5.74, 6) is -0.980. The number of hydrogen-bond acceptors (Lipinski definition) is 5. The Bertz CT molecular complexity index is 1460. The summed E-state index contributed by atoms with van der Waals surface area (Å²) in [6.45, 7) is 20.3. The fraction of sp³-hybridized carbons (Fsp3) is 0.514. The number of aromatic nitrogens is 1. The highest BCUT2D eigenvalue weighted by Crippen LogP contribution is 2.45. The van der Waals surface area contributed by atoms with Crippen molar-refractivity contribution in [2.45, 2.75) is 98.9 Å². The summed E-state index contributed by atoms with van der Waals surface area (Å²) in [5.41, 5.74) is 9.15. The zero-order chi connectivity index (χ0) is 31.1. The van der Waals surface area contributed by atoms with Crippen LogP contribution in [0.3, 0.4) is 0 Å². The Hall–Kier alpha value is -3.22. The number of benzene rings is 2. The SMILES string of the molecule is Cc1nc(C)c([C@H](OC(C)(C)C)C(=O)O)c(N2CCC(C)(C)CC2)c1-c1ccc2c(c1)CCN(C(C)c1ccccc1)C2. The minimum atomic E-state index is -1.11. The highest BCUT2D eigenvalue weighted by Gasteiger charge is 2.36. The Morgan fingerprint density at radius 2 is 1.65 bits per heavy atom. The molecule has 0 amide bonds. The van der Waals surface area contributed by atoms with Crippen LogP contribution in [-0.4, -0.2) is 46.2 Å². The molecule has 0 radical (unpaired) electrons. The number of piperidine rings is 1. The summed E-state index contributed by atoms with van der Waals surface area (Å²) < 4.78 is 6.26. The third kappa shape index (κ3) is 6.81. The van der Waals surface area contributed by atoms with Crippen molar-refractivity contribution in [1.82, 2.24) is 9.88 Å². The highest BCUT2D eigenvalue weighted by molar-refractivity contribution is 5.88. The molecule has 0 saturated carbocycles. The topological polar surface area (TPSA) is 65.9 Å². The van der Waals surface area contributed by atoms with Crippen molar-refractivity contribution in [1.29, 1.82) is 0 Å². The average Bonchev–Trinajstić information content (AvgIpc) is 2.95. The van der Waals surface area contributed by atoms with Gasteiger partial charge >= 0.3 is 5.97 Å². The standard InChI is InChI=1S/C37H49N3O3/c1-24-31(29-14-15-30-23-40(19-16-28(30)22-29)26(3)27-12-10-9-11-13-27)33(39-20-17-37(7,8)18-21-39)32(25(2)38-24)34(35(41)42)43-36(4,5)6/h9-15,22,26,34H,16-21,23H2,1-8H3,(H,41,42)/t26?,34-/m0/s1. The van der Waals surface area contributed by atoms with E-state index < -0.39 is 17.7 Å². The van der Waals surface area contributed by atoms with E-state index in [1.807, 2.05) is 27.7 Å². The molecule has 6 nitrogen and oxygen atoms in total. The number of aryl methyl sites for hydroxylation is 2. The van der Waals surface area contributed by atoms with Gasteiger partial charge in [0.25, 0.3) is 0 Å². The summed E-state index contributed by atoms with van der Waals surface area (Å²) in [7, 11) is 0. The monoisotopic (exact) mass is 583 g/mol. The quantitative estimate of drug-likeness (QED) is 0.304. The van der Waals surface area contributed by atoms with Crippen molar-refractivity contribution in [3.63, 3.8) is 0 Å². The molecule has 1 unspecified atom stereocenters. The molecule has 0 aliphatic carbocycles. The maximum absolute atomic E-state index is 12.8. The predicted molar refractivity (Wildman–Crippen MR) is 175 cm³/mol. The van der Waals surface area contributed by atoms with Gasteiger partial charge in [0.2, 0.25) is 0 Å². The van der Waals surface area contributed by atoms with E-state index in [0.29, 0.717) is 11.6 Å². The van der Waals surface area contributed by atoms with E-state index >= 15 is 0 Å². The summed E-state index contributed by atoms with van der Waals surface area (Å²) in [6, 6.07) is 17.9. The normalized spacial score (nSPS) is 18.7. The van der Waals surface area contributed by atoms with Gasteiger partial charge in [-0.2, -0.15) is 0 Å². The van der Waals surface area contributed by atoms with E-state index in [4.69, 9.17) is 9.72 Å². The zero-order valence-corrected chi connectivity index (χ0v) is 27.3. The number of rotatable bonds is 7. The van der Waals surface area contributed by atoms with Gasteiger partial charge in [-0.15, -0.1) is 0 Å². The summed E-state index contributed by atoms with van der Waals surface area (Å²) in [6.07, 6.45) is 1.96. The number of carboxylic acid groups (broad SMARTS) is 1. The Balaban J connectivity index is 1.59. The van der Waals surface area contributed by atoms with Crippen molar-refractivity contribution in [3.05, 3.63) is 82.2 Å². The molecule has 1 aromatic heterocycles. The molecule has 1 fully saturated rings. The lowest BCUT2D eigenvalue weighted by atomic mass is 9.81. The van der Waals surface area contributed by atoms with Gasteiger partial charge in [-0.05, 0) is 88.5 Å². The number of carbonyl (C=O) groups is 1. The lowest BCUT2D eigenvalue weighted by Gasteiger charge is -2.41. The smallest absolute Gasteiger partial charge is 0.337 e. The minimum Gasteiger partial charge on any atom is -0.479 e. The zero-order valence-electron chi connectivity index (χ0n) is 27.3. The molecule has 2 aliphatic heterocycles. The second-order valence-electron chi connectivity index (χ2n) is 14.3. The number of carboxylic acids is 1. The molecule has 2 aliphatic rings. The lowest BCUT2D eigenvalue weighted by molar-refractivity contribution is -0.160. The van der Waals surface area contributed by atoms with Crippen LogP contribution in [0.2, 0.25) is 0 Å². The van der Waals surface area contributed by atoms with Crippen molar-refractivity contribution in [2.75, 3.05) is 24.5 Å². The maximum atomic E-state index is 12.8. The maximum Gasteiger partial charge on any atom is 0.337 e. The van der Waals surface area contributed by atoms with Crippen LogP contribution in [-0.2, 0) is 22.5 Å². The van der Waals surface area contributed by atoms with E-state index in [1.165, 1.54) is 16.7 Å². The average molecular weight is 584 g/mol. The molecule has 3 aromatic rings. The summed E-state index contributed by atoms with van der Waals surface area (Å²) in [4.78, 5) is 22.7. The van der Waals surface area contributed by atoms with Gasteiger partial charge in [-0.1, -0.05) is 62.4 Å². The number of nitrogens with zero attached hydrogens (tertiary/aromatic N) is 3. The predicted octanol–water partition coefficient (Wildman–Crippen LogP) is 8.05. The van der Waals surface area contributed by atoms with Gasteiger partial charge in [0.1, 0.15) is 0 Å². The molecule has 0 bridgehead atoms. The number of anilines is 1. The third-order valence-corrected chi connectivity index (χ3v) is 9.34. The number of hydrogen-bond donors (Lipinski definition) is 1. The molecule has 43 heavy (non-hydrogen) atoms. The summed E-state index contributed by atoms with van der Waals surface area (Å²) >= 11 is 0. The van der Waals surface area contributed by atoms with E-state index in [0.717, 1.165) is 73.6 Å². The molecular formula is C37H49N3O3. The number of fused-ring (bicyclic) bond motifs is 1. The van der Waals surface area contributed by atoms with Gasteiger partial charge in [0.15, 0.2) is 6.10 Å². The van der Waals surface area contributed by atoms with Crippen LogP contribution >= 0.6 is 0 Å². The molecule has 2 atom stereocenters. The largest absolute Gasteiger partial charge is 0.479 e. The third-order valence-electron chi connectivity index (χ3n) is 9.34. The van der Waals surface area contributed by atoms with Crippen LogP contribution in [0.1, 0.15) is 100 Å². The van der Waals surface area contributed by atoms with Gasteiger partial charge in [0.05, 0.1) is 11.3 Å². The van der Waals surface area contributed by atoms with E-state index in [9.17, 15) is 9.90 Å². The number of aliphatic carboxylic acids is 1. The number of ether oxygens (including phenoxy) is 1. The first-order valence-corrected chi connectivity index (χ1v) is 15.8. The van der Waals surface area contributed by atoms with Crippen molar-refractivity contribution >= 4 is 11.7 Å². The fourth-order valence-corrected chi connectivity index (χ4v) is 6.76. The molecule has 2 aromatic carbocycles. The van der Waals surface area contributed by atoms with Crippen molar-refractivity contribution in [2.24, 2.45) is 5.41 Å². The number of pyridine rings is 1. The molecule has 6 heteroatoms. The second-order valence-corrected chi connectivity index (χ2v) is 14.3. The summed E-state index contributed by atoms with van der Waals surface area (Å²) in [5, 5.41) is 10.5. The van der Waals surface area contributed by atoms with Crippen LogP contribution < -0.4 is 4.90 Å². The van der Waals surface area contributed by atoms with E-state index in [2.05, 4.69) is 86.0 Å². The Morgan fingerprint density at radius 1 is 0.977 bits per heavy atom. The molecule has 1 saturated heterocycles. The molecule has 0 spiro atoms. The highest BCUT2D eigenvalue weighted by atomic mass is 16.5. The second kappa shape index (κ2) is 12.0. The van der Waals surface area contributed by atoms with Gasteiger partial charge in [0, 0.05) is 54.7 Å². The van der Waals surface area contributed by atoms with Crippen LogP contribution in [0.25, 0.3) is 11.1 Å². The van der Waals surface area contributed by atoms with Gasteiger partial charge < -0.3 is 14.7 Å². The molecule has 3 heterocycles. The van der Waals surface area contributed by atoms with Crippen molar-refractivity contribution in [3.8, 4) is 11.1 Å². The Labute approximate surface area is 258 Å². The van der Waals surface area contributed by atoms with E-state index in [1.54, 1.807) is 0 Å². The van der Waals surface area contributed by atoms with E-state index in [-0.39, 0.29) is 5.41 Å². The van der Waals surface area contributed by atoms with Crippen LogP contribution in [0.4, 0.5) is 5.69 Å². The first-order valence-electron chi connectivity index (χ1n) is 15.8. The molecule has 5 rings (SSSR count).